The van der Waals surface area contributed by atoms with Crippen LogP contribution in [0, 0.1) is 41.2 Å². The molecule has 380 valence electrons. The van der Waals surface area contributed by atoms with Crippen LogP contribution >= 0.6 is 0 Å². The molecule has 0 unspecified atom stereocenters. The molecule has 13 aromatic rings. The molecular formula is C73H52F3N3. The summed E-state index contributed by atoms with van der Waals surface area (Å²) in [6.07, 6.45) is -4.49. The molecule has 2 heterocycles. The molecule has 0 fully saturated rings. The molecule has 79 heavy (non-hydrogen) atoms. The minimum atomic E-state index is -4.49. The summed E-state index contributed by atoms with van der Waals surface area (Å²) in [6, 6.07) is 77.1. The third-order valence-corrected chi connectivity index (χ3v) is 15.7. The summed E-state index contributed by atoms with van der Waals surface area (Å²) in [7, 11) is 0. The highest BCUT2D eigenvalue weighted by molar-refractivity contribution is 6.14. The van der Waals surface area contributed by atoms with Gasteiger partial charge in [0.15, 0.2) is 5.69 Å². The van der Waals surface area contributed by atoms with Crippen LogP contribution < -0.4 is 0 Å². The van der Waals surface area contributed by atoms with Gasteiger partial charge in [-0.2, -0.15) is 13.2 Å². The van der Waals surface area contributed by atoms with Gasteiger partial charge >= 0.3 is 6.18 Å². The van der Waals surface area contributed by atoms with Crippen LogP contribution in [0.2, 0.25) is 0 Å². The Morgan fingerprint density at radius 1 is 0.342 bits per heavy atom. The SMILES string of the molecule is [C-]#[N+]c1ccc(-n2c3ccc(-c4cccc(C)c4)cc3c3cc(-c4cccc(C)c4)ccc32)cc1-c1cc(-c2ccc(C(F)(F)F)cc2C)ccc1-n1c2ccc(-c3cccc(C)c3)cc2c2cc(-c3cccc(C)c3)ccc21. The zero-order chi connectivity index (χ0) is 54.3. The molecule has 0 aliphatic carbocycles. The Labute approximate surface area is 457 Å². The minimum absolute atomic E-state index is 0.444. The summed E-state index contributed by atoms with van der Waals surface area (Å²) in [4.78, 5) is 4.22. The Hall–Kier alpha value is -9.70. The Bertz CT molecular complexity index is 4470. The summed E-state index contributed by atoms with van der Waals surface area (Å²) in [5.41, 5.74) is 22.4. The van der Waals surface area contributed by atoms with Crippen LogP contribution in [0.5, 0.6) is 0 Å². The lowest BCUT2D eigenvalue weighted by atomic mass is 9.93. The van der Waals surface area contributed by atoms with E-state index in [0.717, 1.165) is 117 Å². The lowest BCUT2D eigenvalue weighted by Crippen LogP contribution is -2.05. The molecule has 0 radical (unpaired) electrons. The van der Waals surface area contributed by atoms with Crippen molar-refractivity contribution in [2.75, 3.05) is 0 Å². The van der Waals surface area contributed by atoms with Gasteiger partial charge in [-0.3, -0.25) is 0 Å². The van der Waals surface area contributed by atoms with E-state index in [1.807, 2.05) is 18.2 Å². The van der Waals surface area contributed by atoms with Gasteiger partial charge in [-0.25, -0.2) is 4.85 Å². The lowest BCUT2D eigenvalue weighted by molar-refractivity contribution is -0.137. The van der Waals surface area contributed by atoms with Crippen LogP contribution in [0.3, 0.4) is 0 Å². The predicted octanol–water partition coefficient (Wildman–Crippen LogP) is 21.0. The van der Waals surface area contributed by atoms with Gasteiger partial charge in [0.05, 0.1) is 39.9 Å². The molecule has 13 rings (SSSR count). The second-order valence-corrected chi connectivity index (χ2v) is 21.1. The van der Waals surface area contributed by atoms with Crippen molar-refractivity contribution in [3.8, 4) is 78.1 Å². The first kappa shape index (κ1) is 48.9. The molecule has 0 saturated heterocycles. The zero-order valence-corrected chi connectivity index (χ0v) is 44.3. The van der Waals surface area contributed by atoms with Crippen LogP contribution in [-0.4, -0.2) is 9.13 Å². The van der Waals surface area contributed by atoms with E-state index in [9.17, 15) is 13.2 Å². The van der Waals surface area contributed by atoms with E-state index >= 15 is 0 Å². The van der Waals surface area contributed by atoms with E-state index in [1.54, 1.807) is 13.0 Å². The third-order valence-electron chi connectivity index (χ3n) is 15.7. The number of nitrogens with zero attached hydrogens (tertiary/aromatic N) is 3. The number of rotatable bonds is 8. The Kier molecular flexibility index (Phi) is 11.8. The summed E-state index contributed by atoms with van der Waals surface area (Å²) in [5, 5.41) is 4.33. The summed E-state index contributed by atoms with van der Waals surface area (Å²) in [6.45, 7) is 18.9. The zero-order valence-electron chi connectivity index (χ0n) is 44.3. The van der Waals surface area contributed by atoms with Crippen LogP contribution in [0.25, 0.3) is 127 Å². The molecule has 0 amide bonds. The fourth-order valence-electron chi connectivity index (χ4n) is 11.9. The lowest BCUT2D eigenvalue weighted by Gasteiger charge is -2.19. The quantitative estimate of drug-likeness (QED) is 0.135. The van der Waals surface area contributed by atoms with Crippen molar-refractivity contribution in [1.82, 2.24) is 9.13 Å². The molecule has 0 saturated carbocycles. The highest BCUT2D eigenvalue weighted by atomic mass is 19.4. The molecule has 2 aromatic heterocycles. The van der Waals surface area contributed by atoms with Crippen molar-refractivity contribution in [3.63, 3.8) is 0 Å². The fraction of sp³-hybridized carbons (Fsp3) is 0.0822. The number of hydrogen-bond donors (Lipinski definition) is 0. The van der Waals surface area contributed by atoms with E-state index in [-0.39, 0.29) is 0 Å². The molecule has 0 aliphatic heterocycles. The van der Waals surface area contributed by atoms with E-state index in [1.165, 1.54) is 28.3 Å². The number of fused-ring (bicyclic) bond motifs is 6. The number of hydrogen-bond acceptors (Lipinski definition) is 0. The standard InChI is InChI=1S/C73H52F3N3/c1-44-11-7-15-49(33-44)53-19-28-68-63(38-53)64-39-54(50-16-8-12-45(2)34-50)20-29-69(64)78(68)59-25-27-67(77-6)61(43-59)62-42-57(60-26-24-58(37-48(60)5)73(74,75)76)23-32-70(62)79-71-30-21-55(51-17-9-13-46(3)35-51)40-65(71)66-41-56(22-31-72(66)79)52-18-10-14-47(4)36-52/h7-43H,1-5H3. The molecule has 0 atom stereocenters. The van der Waals surface area contributed by atoms with E-state index < -0.39 is 11.7 Å². The second-order valence-electron chi connectivity index (χ2n) is 21.1. The number of alkyl halides is 3. The van der Waals surface area contributed by atoms with Gasteiger partial charge in [-0.05, 0) is 192 Å². The molecule has 0 N–H and O–H groups in total. The maximum absolute atomic E-state index is 14.2. The van der Waals surface area contributed by atoms with E-state index in [0.29, 0.717) is 22.4 Å². The molecule has 11 aromatic carbocycles. The predicted molar refractivity (Wildman–Crippen MR) is 323 cm³/mol. The largest absolute Gasteiger partial charge is 0.416 e. The van der Waals surface area contributed by atoms with Crippen molar-refractivity contribution in [1.29, 1.82) is 0 Å². The molecule has 3 nitrogen and oxygen atoms in total. The topological polar surface area (TPSA) is 14.2 Å². The van der Waals surface area contributed by atoms with Crippen molar-refractivity contribution < 1.29 is 13.2 Å². The van der Waals surface area contributed by atoms with Gasteiger partial charge in [-0.1, -0.05) is 162 Å². The maximum Gasteiger partial charge on any atom is 0.416 e. The molecule has 0 bridgehead atoms. The normalized spacial score (nSPS) is 11.8. The van der Waals surface area contributed by atoms with E-state index in [4.69, 9.17) is 6.57 Å². The fourth-order valence-corrected chi connectivity index (χ4v) is 11.9. The first-order valence-corrected chi connectivity index (χ1v) is 26.6. The Balaban J connectivity index is 1.08. The molecule has 6 heteroatoms. The number of aryl methyl sites for hydroxylation is 5. The maximum atomic E-state index is 14.2. The monoisotopic (exact) mass is 1030 g/mol. The van der Waals surface area contributed by atoms with Crippen molar-refractivity contribution in [2.45, 2.75) is 40.8 Å². The molecule has 0 aliphatic rings. The summed E-state index contributed by atoms with van der Waals surface area (Å²) in [5.74, 6) is 0. The number of halogens is 3. The van der Waals surface area contributed by atoms with Gasteiger partial charge in [0.25, 0.3) is 0 Å². The van der Waals surface area contributed by atoms with Crippen molar-refractivity contribution in [3.05, 3.63) is 269 Å². The van der Waals surface area contributed by atoms with E-state index in [2.05, 4.69) is 230 Å². The van der Waals surface area contributed by atoms with Gasteiger partial charge in [-0.15, -0.1) is 0 Å². The van der Waals surface area contributed by atoms with Crippen LogP contribution in [-0.2, 0) is 6.18 Å². The summed E-state index contributed by atoms with van der Waals surface area (Å²) < 4.78 is 47.1. The highest BCUT2D eigenvalue weighted by Gasteiger charge is 2.31. The summed E-state index contributed by atoms with van der Waals surface area (Å²) >= 11 is 0. The van der Waals surface area contributed by atoms with Crippen LogP contribution in [0.4, 0.5) is 18.9 Å². The molecular weight excluding hydrogens is 976 g/mol. The van der Waals surface area contributed by atoms with Crippen LogP contribution in [0.15, 0.2) is 224 Å². The average Bonchev–Trinajstić information content (AvgIpc) is 4.01. The second kappa shape index (κ2) is 19.1. The number of aromatic nitrogens is 2. The van der Waals surface area contributed by atoms with Gasteiger partial charge in [0.2, 0.25) is 0 Å². The van der Waals surface area contributed by atoms with Gasteiger partial charge in [0, 0.05) is 27.2 Å². The number of benzene rings is 11. The third kappa shape index (κ3) is 8.74. The Morgan fingerprint density at radius 3 is 1.14 bits per heavy atom. The highest BCUT2D eigenvalue weighted by Crippen LogP contribution is 2.46. The van der Waals surface area contributed by atoms with Gasteiger partial charge < -0.3 is 9.13 Å². The van der Waals surface area contributed by atoms with Gasteiger partial charge in [0.1, 0.15) is 0 Å². The molecule has 0 spiro atoms. The van der Waals surface area contributed by atoms with Crippen molar-refractivity contribution in [2.24, 2.45) is 0 Å². The average molecular weight is 1030 g/mol. The van der Waals surface area contributed by atoms with Crippen molar-refractivity contribution >= 4 is 49.3 Å². The van der Waals surface area contributed by atoms with Crippen LogP contribution in [0.1, 0.15) is 33.4 Å². The smallest absolute Gasteiger partial charge is 0.309 e. The first-order valence-electron chi connectivity index (χ1n) is 26.6. The first-order chi connectivity index (χ1) is 38.3. The minimum Gasteiger partial charge on any atom is -0.309 e. The Morgan fingerprint density at radius 2 is 0.747 bits per heavy atom.